The van der Waals surface area contributed by atoms with Crippen LogP contribution in [0.2, 0.25) is 0 Å². The third-order valence-electron chi connectivity index (χ3n) is 3.44. The first kappa shape index (κ1) is 14.6. The molecule has 6 heteroatoms. The number of hydrogen-bond donors (Lipinski definition) is 0. The lowest BCUT2D eigenvalue weighted by molar-refractivity contribution is 0.186. The molecule has 0 spiro atoms. The monoisotopic (exact) mass is 313 g/mol. The van der Waals surface area contributed by atoms with Gasteiger partial charge in [-0.15, -0.1) is 0 Å². The average molecular weight is 313 g/mol. The van der Waals surface area contributed by atoms with Crippen molar-refractivity contribution in [2.75, 3.05) is 13.7 Å². The molecule has 0 aliphatic rings. The number of nitrogens with zero attached hydrogens (tertiary/aromatic N) is 3. The Morgan fingerprint density at radius 3 is 2.86 bits per heavy atom. The second-order valence-corrected chi connectivity index (χ2v) is 5.18. The molecular weight excluding hydrogens is 298 g/mol. The van der Waals surface area contributed by atoms with E-state index in [1.165, 1.54) is 10.6 Å². The van der Waals surface area contributed by atoms with Crippen molar-refractivity contribution in [3.63, 3.8) is 0 Å². The molecule has 0 aliphatic carbocycles. The number of aromatic nitrogens is 3. The van der Waals surface area contributed by atoms with E-state index < -0.39 is 0 Å². The average Bonchev–Trinajstić information content (AvgIpc) is 2.54. The molecule has 0 saturated carbocycles. The van der Waals surface area contributed by atoms with Crippen molar-refractivity contribution >= 4 is 23.1 Å². The van der Waals surface area contributed by atoms with Gasteiger partial charge in [-0.25, -0.2) is 0 Å². The Morgan fingerprint density at radius 2 is 2.05 bits per heavy atom. The number of hydrogen-bond acceptors (Lipinski definition) is 4. The lowest BCUT2D eigenvalue weighted by atomic mass is 10.2. The van der Waals surface area contributed by atoms with Gasteiger partial charge in [0.1, 0.15) is 0 Å². The maximum Gasteiger partial charge on any atom is 0.258 e. The molecule has 0 N–H and O–H groups in total. The predicted molar refractivity (Wildman–Crippen MR) is 88.0 cm³/mol. The summed E-state index contributed by atoms with van der Waals surface area (Å²) in [6.45, 7) is 1.12. The molecule has 3 aromatic rings. The zero-order chi connectivity index (χ0) is 15.5. The summed E-state index contributed by atoms with van der Waals surface area (Å²) in [7, 11) is 1.63. The summed E-state index contributed by atoms with van der Waals surface area (Å²) in [4.78, 5) is 16.7. The fourth-order valence-corrected chi connectivity index (χ4v) is 2.71. The minimum absolute atomic E-state index is 0.170. The van der Waals surface area contributed by atoms with Gasteiger partial charge in [0.15, 0.2) is 4.77 Å². The van der Waals surface area contributed by atoms with Gasteiger partial charge in [-0.2, -0.15) is 0 Å². The topological polar surface area (TPSA) is 49.0 Å². The first-order valence-corrected chi connectivity index (χ1v) is 7.29. The van der Waals surface area contributed by atoms with Gasteiger partial charge in [0.2, 0.25) is 0 Å². The lowest BCUT2D eigenvalue weighted by Gasteiger charge is -2.13. The lowest BCUT2D eigenvalue weighted by Crippen LogP contribution is -2.23. The maximum absolute atomic E-state index is 12.3. The van der Waals surface area contributed by atoms with Crippen LogP contribution in [0.5, 0.6) is 0 Å². The van der Waals surface area contributed by atoms with E-state index in [0.29, 0.717) is 23.6 Å². The van der Waals surface area contributed by atoms with Crippen LogP contribution in [-0.2, 0) is 11.3 Å². The minimum Gasteiger partial charge on any atom is -0.383 e. The predicted octanol–water partition coefficient (Wildman–Crippen LogP) is 2.56. The van der Waals surface area contributed by atoms with E-state index in [-0.39, 0.29) is 5.56 Å². The van der Waals surface area contributed by atoms with Crippen LogP contribution in [0.3, 0.4) is 0 Å². The Morgan fingerprint density at radius 1 is 1.23 bits per heavy atom. The summed E-state index contributed by atoms with van der Waals surface area (Å²) < 4.78 is 8.85. The third kappa shape index (κ3) is 2.58. The largest absolute Gasteiger partial charge is 0.383 e. The van der Waals surface area contributed by atoms with E-state index >= 15 is 0 Å². The van der Waals surface area contributed by atoms with Crippen LogP contribution in [0, 0.1) is 4.77 Å². The molecule has 0 fully saturated rings. The number of ether oxygens (including phenoxy) is 1. The van der Waals surface area contributed by atoms with Crippen LogP contribution in [0.15, 0.2) is 53.6 Å². The Hall–Kier alpha value is -2.31. The van der Waals surface area contributed by atoms with Crippen LogP contribution in [-0.4, -0.2) is 27.8 Å². The van der Waals surface area contributed by atoms with Gasteiger partial charge < -0.3 is 9.30 Å². The highest BCUT2D eigenvalue weighted by Gasteiger charge is 2.09. The number of pyridine rings is 1. The number of benzene rings is 1. The van der Waals surface area contributed by atoms with E-state index in [1.807, 2.05) is 34.9 Å². The molecule has 0 saturated heterocycles. The van der Waals surface area contributed by atoms with Crippen LogP contribution >= 0.6 is 12.2 Å². The number of fused-ring (bicyclic) bond motifs is 1. The smallest absolute Gasteiger partial charge is 0.258 e. The van der Waals surface area contributed by atoms with Crippen molar-refractivity contribution in [1.82, 2.24) is 14.1 Å². The first-order chi connectivity index (χ1) is 10.7. The summed E-state index contributed by atoms with van der Waals surface area (Å²) in [6, 6.07) is 11.0. The molecule has 0 radical (unpaired) electrons. The van der Waals surface area contributed by atoms with Crippen molar-refractivity contribution < 1.29 is 4.74 Å². The second kappa shape index (κ2) is 6.21. The number of methoxy groups -OCH3 is 1. The van der Waals surface area contributed by atoms with Crippen molar-refractivity contribution in [3.05, 3.63) is 63.9 Å². The fraction of sp³-hybridized carbons (Fsp3) is 0.188. The molecule has 0 atom stereocenters. The van der Waals surface area contributed by atoms with Crippen molar-refractivity contribution in [2.45, 2.75) is 6.54 Å². The van der Waals surface area contributed by atoms with Crippen molar-refractivity contribution in [2.24, 2.45) is 0 Å². The van der Waals surface area contributed by atoms with E-state index in [0.717, 1.165) is 10.9 Å². The van der Waals surface area contributed by atoms with Crippen LogP contribution in [0.1, 0.15) is 0 Å². The molecule has 3 rings (SSSR count). The van der Waals surface area contributed by atoms with Gasteiger partial charge in [0.05, 0.1) is 17.8 Å². The van der Waals surface area contributed by atoms with Crippen molar-refractivity contribution in [3.8, 4) is 5.69 Å². The maximum atomic E-state index is 12.3. The molecular formula is C16H15N3O2S. The van der Waals surface area contributed by atoms with Gasteiger partial charge in [-0.1, -0.05) is 18.2 Å². The molecule has 0 amide bonds. The van der Waals surface area contributed by atoms with E-state index in [4.69, 9.17) is 17.0 Å². The summed E-state index contributed by atoms with van der Waals surface area (Å²) in [5, 5.41) is 0.966. The molecule has 1 aromatic carbocycles. The first-order valence-electron chi connectivity index (χ1n) is 6.88. The Labute approximate surface area is 132 Å². The minimum atomic E-state index is -0.170. The molecule has 0 bridgehead atoms. The van der Waals surface area contributed by atoms with Gasteiger partial charge in [0.25, 0.3) is 5.56 Å². The molecule has 5 nitrogen and oxygen atoms in total. The molecule has 0 aliphatic heterocycles. The SMILES string of the molecule is COCCn1ccc(=O)n(-c2cccc3cccnc23)c1=S. The molecule has 22 heavy (non-hydrogen) atoms. The third-order valence-corrected chi connectivity index (χ3v) is 3.86. The van der Waals surface area contributed by atoms with Crippen LogP contribution < -0.4 is 5.56 Å². The summed E-state index contributed by atoms with van der Waals surface area (Å²) in [5.74, 6) is 0. The molecule has 2 heterocycles. The Kier molecular flexibility index (Phi) is 4.13. The van der Waals surface area contributed by atoms with E-state index in [2.05, 4.69) is 4.98 Å². The Balaban J connectivity index is 2.27. The van der Waals surface area contributed by atoms with Crippen LogP contribution in [0.25, 0.3) is 16.6 Å². The summed E-state index contributed by atoms with van der Waals surface area (Å²) in [6.07, 6.45) is 3.40. The summed E-state index contributed by atoms with van der Waals surface area (Å²) in [5.41, 5.74) is 1.28. The molecule has 112 valence electrons. The van der Waals surface area contributed by atoms with Gasteiger partial charge in [0, 0.05) is 37.5 Å². The zero-order valence-electron chi connectivity index (χ0n) is 12.1. The van der Waals surface area contributed by atoms with Gasteiger partial charge in [-0.3, -0.25) is 14.3 Å². The molecule has 0 unspecified atom stereocenters. The highest BCUT2D eigenvalue weighted by Crippen LogP contribution is 2.19. The molecule has 2 aromatic heterocycles. The normalized spacial score (nSPS) is 11.0. The van der Waals surface area contributed by atoms with Crippen molar-refractivity contribution in [1.29, 1.82) is 0 Å². The van der Waals surface area contributed by atoms with Crippen LogP contribution in [0.4, 0.5) is 0 Å². The number of para-hydroxylation sites is 1. The summed E-state index contributed by atoms with van der Waals surface area (Å²) >= 11 is 5.48. The fourth-order valence-electron chi connectivity index (χ4n) is 2.36. The quantitative estimate of drug-likeness (QED) is 0.695. The van der Waals surface area contributed by atoms with E-state index in [1.54, 1.807) is 19.5 Å². The highest BCUT2D eigenvalue weighted by molar-refractivity contribution is 7.71. The zero-order valence-corrected chi connectivity index (χ0v) is 12.9. The number of rotatable bonds is 4. The Bertz CT molecular complexity index is 925. The highest BCUT2D eigenvalue weighted by atomic mass is 32.1. The van der Waals surface area contributed by atoms with E-state index in [9.17, 15) is 4.79 Å². The van der Waals surface area contributed by atoms with Gasteiger partial charge >= 0.3 is 0 Å². The van der Waals surface area contributed by atoms with Gasteiger partial charge in [-0.05, 0) is 24.4 Å². The second-order valence-electron chi connectivity index (χ2n) is 4.81. The standard InChI is InChI=1S/C16H15N3O2S/c1-21-11-10-18-9-7-14(20)19(16(18)22)13-6-2-4-12-5-3-8-17-15(12)13/h2-9H,10-11H2,1H3.